The molecule has 6 heterocycles. The Morgan fingerprint density at radius 2 is 0.650 bits per heavy atom. The van der Waals surface area contributed by atoms with E-state index in [1.54, 1.807) is 6.07 Å². The maximum absolute atomic E-state index is 17.9. The van der Waals surface area contributed by atoms with Crippen molar-refractivity contribution in [1.29, 1.82) is 0 Å². The van der Waals surface area contributed by atoms with E-state index >= 15 is 19.2 Å². The van der Waals surface area contributed by atoms with Crippen LogP contribution in [0.25, 0.3) is 11.1 Å². The van der Waals surface area contributed by atoms with Crippen molar-refractivity contribution in [3.8, 4) is 80.1 Å². The predicted molar refractivity (Wildman–Crippen MR) is 539 cm³/mol. The fourth-order valence-electron chi connectivity index (χ4n) is 18.1. The topological polar surface area (TPSA) is 234 Å². The van der Waals surface area contributed by atoms with Gasteiger partial charge in [0.2, 0.25) is 23.0 Å². The van der Waals surface area contributed by atoms with Crippen LogP contribution in [0.2, 0.25) is 36.3 Å². The van der Waals surface area contributed by atoms with Gasteiger partial charge in [0.05, 0.1) is 28.9 Å². The van der Waals surface area contributed by atoms with Crippen molar-refractivity contribution in [3.05, 3.63) is 454 Å². The third-order valence-electron chi connectivity index (χ3n) is 27.6. The summed E-state index contributed by atoms with van der Waals surface area (Å²) in [6.45, 7) is 19.5. The first-order chi connectivity index (χ1) is 69.1. The molecule has 15 aromatic carbocycles. The summed E-state index contributed by atoms with van der Waals surface area (Å²) in [6.07, 6.45) is -9.75. The van der Waals surface area contributed by atoms with Crippen molar-refractivity contribution in [2.24, 2.45) is 0 Å². The molecule has 0 radical (unpaired) electrons. The van der Waals surface area contributed by atoms with Crippen LogP contribution in [0.3, 0.4) is 0 Å². The highest BCUT2D eigenvalue weighted by Gasteiger charge is 2.59. The molecule has 22 nitrogen and oxygen atoms in total. The highest BCUT2D eigenvalue weighted by Crippen LogP contribution is 2.65. The molecule has 0 N–H and O–H groups in total. The minimum absolute atomic E-state index is 0.0155. The summed E-state index contributed by atoms with van der Waals surface area (Å²) < 4.78 is 131. The van der Waals surface area contributed by atoms with Gasteiger partial charge in [-0.3, -0.25) is 0 Å². The van der Waals surface area contributed by atoms with Crippen molar-refractivity contribution in [1.82, 2.24) is 0 Å². The zero-order valence-electron chi connectivity index (χ0n) is 80.4. The summed E-state index contributed by atoms with van der Waals surface area (Å²) in [5.41, 5.74) is 5.42. The summed E-state index contributed by atoms with van der Waals surface area (Å²) in [7, 11) is -5.83. The lowest BCUT2D eigenvalue weighted by atomic mass is 9.90. The second-order valence-electron chi connectivity index (χ2n) is 39.0. The summed E-state index contributed by atoms with van der Waals surface area (Å²) in [4.78, 5) is 68.8. The quantitative estimate of drug-likeness (QED) is 0.0278. The van der Waals surface area contributed by atoms with Gasteiger partial charge >= 0.3 is 47.0 Å². The van der Waals surface area contributed by atoms with Crippen LogP contribution in [0.1, 0.15) is 144 Å². The average Bonchev–Trinajstić information content (AvgIpc) is 1.56. The fourth-order valence-corrected chi connectivity index (χ4v) is 20.1. The molecular weight excluding hydrogens is 1840 g/mol. The summed E-state index contributed by atoms with van der Waals surface area (Å²) in [5, 5.41) is -0.831. The number of carbonyl (C=O) groups is 4. The van der Waals surface area contributed by atoms with Crippen LogP contribution in [0.4, 0.5) is 0 Å². The van der Waals surface area contributed by atoms with Gasteiger partial charge in [0, 0.05) is 55.6 Å². The average molecular weight is 1940 g/mol. The van der Waals surface area contributed by atoms with Gasteiger partial charge in [0.1, 0.15) is 25.9 Å². The van der Waals surface area contributed by atoms with E-state index in [2.05, 4.69) is 67.7 Å². The molecule has 5 atom stereocenters. The van der Waals surface area contributed by atoms with Gasteiger partial charge in [0.25, 0.3) is 16.6 Å². The van der Waals surface area contributed by atoms with Crippen LogP contribution in [-0.2, 0) is 71.4 Å². The Balaban J connectivity index is 0.783. The minimum Gasteiger partial charge on any atom is -0.541 e. The number of ether oxygens (including phenoxy) is 16. The van der Waals surface area contributed by atoms with E-state index in [1.807, 2.05) is 334 Å². The van der Waals surface area contributed by atoms with Crippen LogP contribution in [0, 0.1) is 0 Å². The minimum atomic E-state index is -2.96. The van der Waals surface area contributed by atoms with Crippen LogP contribution in [0.5, 0.6) is 69.0 Å². The number of esters is 4. The Kier molecular flexibility index (Phi) is 24.6. The zero-order valence-corrected chi connectivity index (χ0v) is 82.4. The smallest absolute Gasteiger partial charge is 0.339 e. The van der Waals surface area contributed by atoms with E-state index in [0.717, 1.165) is 5.56 Å². The first kappa shape index (κ1) is 93.4. The fraction of sp³-hybridized carbons (Fsp3) is 0.210. The molecule has 0 saturated carbocycles. The van der Waals surface area contributed by atoms with Gasteiger partial charge in [-0.25, -0.2) is 19.2 Å². The normalized spacial score (nSPS) is 17.9. The first-order valence-corrected chi connectivity index (χ1v) is 53.5. The van der Waals surface area contributed by atoms with Crippen LogP contribution in [0.15, 0.2) is 370 Å². The van der Waals surface area contributed by atoms with Gasteiger partial charge in [-0.1, -0.05) is 375 Å². The van der Waals surface area contributed by atoms with Crippen LogP contribution >= 0.6 is 0 Å². The number of fused-ring (bicyclic) bond motifs is 9. The van der Waals surface area contributed by atoms with E-state index in [-0.39, 0.29) is 127 Å². The molecule has 15 aromatic rings. The van der Waals surface area contributed by atoms with Crippen molar-refractivity contribution in [2.75, 3.05) is 6.61 Å². The molecule has 0 unspecified atom stereocenters. The van der Waals surface area contributed by atoms with Crippen molar-refractivity contribution in [3.63, 3.8) is 0 Å². The maximum Gasteiger partial charge on any atom is 0.339 e. The van der Waals surface area contributed by atoms with E-state index in [0.29, 0.717) is 55.6 Å². The second-order valence-corrected chi connectivity index (χ2v) is 48.5. The molecule has 0 aliphatic carbocycles. The Morgan fingerprint density at radius 3 is 1.04 bits per heavy atom. The lowest BCUT2D eigenvalue weighted by Gasteiger charge is -2.44. The molecule has 720 valence electrons. The van der Waals surface area contributed by atoms with E-state index in [4.69, 9.17) is 84.6 Å². The second kappa shape index (κ2) is 37.6. The van der Waals surface area contributed by atoms with Gasteiger partial charge < -0.3 is 84.6 Å². The molecule has 0 bridgehead atoms. The van der Waals surface area contributed by atoms with Gasteiger partial charge in [-0.05, 0) is 89.4 Å². The monoisotopic (exact) mass is 1940 g/mol. The first-order valence-electron chi connectivity index (χ1n) is 47.7. The number of hydrogen-bond donors (Lipinski definition) is 0. The molecule has 6 aliphatic rings. The summed E-state index contributed by atoms with van der Waals surface area (Å²) >= 11 is 0. The molecule has 0 spiro atoms. The maximum atomic E-state index is 17.9. The zero-order chi connectivity index (χ0) is 98.6. The van der Waals surface area contributed by atoms with Crippen molar-refractivity contribution < 1.29 is 104 Å². The molecular formula is C119H104O22Si2. The molecule has 0 aromatic heterocycles. The van der Waals surface area contributed by atoms with Crippen molar-refractivity contribution >= 4 is 40.5 Å². The Hall–Kier alpha value is -15.9. The standard InChI is InChI=1S/C119H104O22Si2/c1-114(2,3)142(7,8)140-95-68-79(66-92-100(95)135-116(132-92,81-50-28-14-29-51-81)82-52-30-15-31-53-82)109(120)126-75-97-102(129-110(121)80-67-93-101(96(69-80)141-143(9,10)115(4,5)6)136-117(133-93,83-54-32-16-33-55-83)84-56-34-17-35-57-84)107-108(113(128-97)127-74-78-48-26-13-27-49-78)131-112(123)89-70-91(124-72-76-44-22-11-23-45-76)103-106(139-119(137-103,87-62-40-20-41-63-87)88-64-42-21-43-65-88)99(89)98-90(111(122)130-107)71-94-104(105(98)125-73-77-46-24-12-25-47-77)138-118(134-94,85-58-36-18-37-59-85)86-60-38-19-39-61-86/h11-71,97,102,107-108,113H,72-75H2,1-10H3/t97-,102-,107+,108-,113-/m1/s1. The van der Waals surface area contributed by atoms with E-state index < -0.39 is 106 Å². The highest BCUT2D eigenvalue weighted by molar-refractivity contribution is 6.75. The van der Waals surface area contributed by atoms with Crippen LogP contribution < -0.4 is 56.2 Å². The van der Waals surface area contributed by atoms with Crippen molar-refractivity contribution in [2.45, 2.75) is 151 Å². The number of benzene rings is 15. The Bertz CT molecular complexity index is 7070. The lowest BCUT2D eigenvalue weighted by molar-refractivity contribution is -0.301. The van der Waals surface area contributed by atoms with Gasteiger partial charge in [-0.2, -0.15) is 0 Å². The van der Waals surface area contributed by atoms with Crippen LogP contribution in [-0.4, -0.2) is 77.8 Å². The predicted octanol–water partition coefficient (Wildman–Crippen LogP) is 25.1. The van der Waals surface area contributed by atoms with Gasteiger partial charge in [0.15, 0.2) is 70.6 Å². The van der Waals surface area contributed by atoms with Gasteiger partial charge in [-0.15, -0.1) is 0 Å². The molecule has 24 heteroatoms. The third-order valence-corrected chi connectivity index (χ3v) is 36.3. The molecule has 0 amide bonds. The van der Waals surface area contributed by atoms with E-state index in [9.17, 15) is 0 Å². The number of rotatable bonds is 26. The lowest BCUT2D eigenvalue weighted by Crippen LogP contribution is -2.63. The molecule has 1 fully saturated rings. The third kappa shape index (κ3) is 17.6. The van der Waals surface area contributed by atoms with E-state index in [1.165, 1.54) is 30.3 Å². The number of carbonyl (C=O) groups excluding carboxylic acids is 4. The Morgan fingerprint density at radius 1 is 0.329 bits per heavy atom. The summed E-state index contributed by atoms with van der Waals surface area (Å²) in [6, 6.07) is 112. The molecule has 6 aliphatic heterocycles. The molecule has 143 heavy (non-hydrogen) atoms. The molecule has 21 rings (SSSR count). The summed E-state index contributed by atoms with van der Waals surface area (Å²) in [5.74, 6) is -10.8. The Labute approximate surface area is 830 Å². The number of hydrogen-bond acceptors (Lipinski definition) is 22. The highest BCUT2D eigenvalue weighted by atomic mass is 28.4. The molecule has 1 saturated heterocycles. The SMILES string of the molecule is CC(C)(C)[Si](C)(C)Oc1cc(C(=O)OC[C@H]2O[C@@H](OCc3ccccc3)[C@@H]3OC(=O)c4cc(OCc5ccccc5)c5c(c4-c4c(cc6c(c4OCc4ccccc4)OC(c4ccccc4)(c4ccccc4)O6)C(=O)O[C@H]3[C@@H]2OC(=O)c2cc3c(c(O[Si](C)(C)C(C)(C)C)c2)OC(c2ccccc2)(c2ccccc2)O3)OC(c2ccccc2)(c2ccccc2)O5)cc2c1OC(c1ccccc1)(c1ccccc1)O2. The largest absolute Gasteiger partial charge is 0.541 e.